The van der Waals surface area contributed by atoms with Gasteiger partial charge in [-0.2, -0.15) is 0 Å². The Morgan fingerprint density at radius 3 is 3.17 bits per heavy atom. The molecule has 62 valence electrons. The molecule has 1 aliphatic heterocycles. The van der Waals surface area contributed by atoms with Gasteiger partial charge in [-0.05, 0) is 36.5 Å². The Bertz CT molecular complexity index is 313. The standard InChI is InChI=1S/C11H13N/c1-2-9-5-3-7-11-10(9)6-4-8-12-11/h3,5,7-8H,2,4,6H2,1H3. The van der Waals surface area contributed by atoms with Gasteiger partial charge in [0.2, 0.25) is 0 Å². The van der Waals surface area contributed by atoms with Gasteiger partial charge in [-0.25, -0.2) is 0 Å². The molecule has 2 rings (SSSR count). The van der Waals surface area contributed by atoms with E-state index in [4.69, 9.17) is 0 Å². The zero-order valence-electron chi connectivity index (χ0n) is 7.38. The van der Waals surface area contributed by atoms with Gasteiger partial charge >= 0.3 is 0 Å². The smallest absolute Gasteiger partial charge is 0.0660 e. The normalized spacial score (nSPS) is 14.4. The number of fused-ring (bicyclic) bond motifs is 1. The lowest BCUT2D eigenvalue weighted by Gasteiger charge is -2.12. The first kappa shape index (κ1) is 7.53. The second kappa shape index (κ2) is 3.10. The molecule has 0 N–H and O–H groups in total. The number of rotatable bonds is 1. The average Bonchev–Trinajstić information content (AvgIpc) is 2.17. The molecule has 1 aliphatic rings. The summed E-state index contributed by atoms with van der Waals surface area (Å²) in [6.07, 6.45) is 5.41. The van der Waals surface area contributed by atoms with Gasteiger partial charge in [0, 0.05) is 6.21 Å². The van der Waals surface area contributed by atoms with Crippen LogP contribution in [0.2, 0.25) is 0 Å². The molecule has 0 unspecified atom stereocenters. The van der Waals surface area contributed by atoms with Crippen LogP contribution in [0, 0.1) is 0 Å². The largest absolute Gasteiger partial charge is 0.261 e. The zero-order valence-corrected chi connectivity index (χ0v) is 7.38. The van der Waals surface area contributed by atoms with Gasteiger partial charge in [-0.3, -0.25) is 4.99 Å². The van der Waals surface area contributed by atoms with Gasteiger partial charge in [-0.1, -0.05) is 19.1 Å². The summed E-state index contributed by atoms with van der Waals surface area (Å²) in [6.45, 7) is 2.20. The number of hydrogen-bond donors (Lipinski definition) is 0. The summed E-state index contributed by atoms with van der Waals surface area (Å²) in [6, 6.07) is 6.41. The Morgan fingerprint density at radius 2 is 2.33 bits per heavy atom. The third kappa shape index (κ3) is 1.15. The average molecular weight is 159 g/mol. The second-order valence-electron chi connectivity index (χ2n) is 3.12. The topological polar surface area (TPSA) is 12.4 Å². The van der Waals surface area contributed by atoms with Crippen LogP contribution in [0.4, 0.5) is 5.69 Å². The van der Waals surface area contributed by atoms with Crippen molar-refractivity contribution >= 4 is 11.9 Å². The van der Waals surface area contributed by atoms with Crippen molar-refractivity contribution in [3.63, 3.8) is 0 Å². The molecule has 0 aromatic heterocycles. The SMILES string of the molecule is CCc1cccc2c1CCC=N2. The van der Waals surface area contributed by atoms with Crippen LogP contribution < -0.4 is 0 Å². The highest BCUT2D eigenvalue weighted by molar-refractivity contribution is 5.69. The Kier molecular flexibility index (Phi) is 1.94. The lowest BCUT2D eigenvalue weighted by molar-refractivity contribution is 0.976. The molecule has 0 radical (unpaired) electrons. The zero-order chi connectivity index (χ0) is 8.39. The molecular weight excluding hydrogens is 146 g/mol. The molecule has 0 saturated carbocycles. The van der Waals surface area contributed by atoms with Crippen LogP contribution in [-0.4, -0.2) is 6.21 Å². The second-order valence-corrected chi connectivity index (χ2v) is 3.12. The highest BCUT2D eigenvalue weighted by Crippen LogP contribution is 2.26. The molecule has 0 spiro atoms. The third-order valence-corrected chi connectivity index (χ3v) is 2.38. The highest BCUT2D eigenvalue weighted by Gasteiger charge is 2.07. The van der Waals surface area contributed by atoms with Crippen molar-refractivity contribution in [3.05, 3.63) is 29.3 Å². The first-order valence-electron chi connectivity index (χ1n) is 4.55. The molecular formula is C11H13N. The number of hydrogen-bond acceptors (Lipinski definition) is 1. The van der Waals surface area contributed by atoms with E-state index >= 15 is 0 Å². The van der Waals surface area contributed by atoms with Crippen molar-refractivity contribution in [2.45, 2.75) is 26.2 Å². The van der Waals surface area contributed by atoms with E-state index in [0.29, 0.717) is 0 Å². The Labute approximate surface area is 73.1 Å². The first-order valence-corrected chi connectivity index (χ1v) is 4.55. The molecule has 0 bridgehead atoms. The van der Waals surface area contributed by atoms with Crippen molar-refractivity contribution in [2.24, 2.45) is 4.99 Å². The van der Waals surface area contributed by atoms with E-state index in [0.717, 1.165) is 12.8 Å². The maximum atomic E-state index is 4.38. The number of aliphatic imine (C=N–C) groups is 1. The van der Waals surface area contributed by atoms with Gasteiger partial charge < -0.3 is 0 Å². The van der Waals surface area contributed by atoms with Gasteiger partial charge in [0.1, 0.15) is 0 Å². The summed E-state index contributed by atoms with van der Waals surface area (Å²) in [5.74, 6) is 0. The predicted molar refractivity (Wildman–Crippen MR) is 52.3 cm³/mol. The number of benzene rings is 1. The highest BCUT2D eigenvalue weighted by atomic mass is 14.7. The molecule has 1 nitrogen and oxygen atoms in total. The molecule has 1 aromatic carbocycles. The van der Waals surface area contributed by atoms with Gasteiger partial charge in [0.05, 0.1) is 5.69 Å². The fourth-order valence-corrected chi connectivity index (χ4v) is 1.73. The van der Waals surface area contributed by atoms with Crippen molar-refractivity contribution in [1.29, 1.82) is 0 Å². The Hall–Kier alpha value is -1.11. The molecule has 0 atom stereocenters. The van der Waals surface area contributed by atoms with Crippen LogP contribution in [0.1, 0.15) is 24.5 Å². The monoisotopic (exact) mass is 159 g/mol. The van der Waals surface area contributed by atoms with E-state index in [-0.39, 0.29) is 0 Å². The summed E-state index contributed by atoms with van der Waals surface area (Å²) in [4.78, 5) is 4.38. The summed E-state index contributed by atoms with van der Waals surface area (Å²) in [5, 5.41) is 0. The van der Waals surface area contributed by atoms with Crippen molar-refractivity contribution in [3.8, 4) is 0 Å². The summed E-state index contributed by atoms with van der Waals surface area (Å²) >= 11 is 0. The molecule has 0 aliphatic carbocycles. The van der Waals surface area contributed by atoms with Crippen molar-refractivity contribution in [2.75, 3.05) is 0 Å². The van der Waals surface area contributed by atoms with E-state index in [1.807, 2.05) is 6.21 Å². The number of nitrogens with zero attached hydrogens (tertiary/aromatic N) is 1. The summed E-state index contributed by atoms with van der Waals surface area (Å²) in [7, 11) is 0. The quantitative estimate of drug-likeness (QED) is 0.597. The van der Waals surface area contributed by atoms with E-state index in [2.05, 4.69) is 30.1 Å². The van der Waals surface area contributed by atoms with Crippen LogP contribution >= 0.6 is 0 Å². The van der Waals surface area contributed by atoms with Gasteiger partial charge in [0.15, 0.2) is 0 Å². The minimum absolute atomic E-state index is 1.10. The van der Waals surface area contributed by atoms with E-state index < -0.39 is 0 Å². The van der Waals surface area contributed by atoms with Crippen LogP contribution in [-0.2, 0) is 12.8 Å². The van der Waals surface area contributed by atoms with Crippen LogP contribution in [0.15, 0.2) is 23.2 Å². The summed E-state index contributed by atoms with van der Waals surface area (Å²) < 4.78 is 0. The van der Waals surface area contributed by atoms with Crippen LogP contribution in [0.25, 0.3) is 0 Å². The van der Waals surface area contributed by atoms with Crippen LogP contribution in [0.3, 0.4) is 0 Å². The van der Waals surface area contributed by atoms with Gasteiger partial charge in [0.25, 0.3) is 0 Å². The number of aryl methyl sites for hydroxylation is 1. The van der Waals surface area contributed by atoms with E-state index in [1.54, 1.807) is 0 Å². The third-order valence-electron chi connectivity index (χ3n) is 2.38. The summed E-state index contributed by atoms with van der Waals surface area (Å²) in [5.41, 5.74) is 4.10. The van der Waals surface area contributed by atoms with Gasteiger partial charge in [-0.15, -0.1) is 0 Å². The maximum Gasteiger partial charge on any atom is 0.0660 e. The molecule has 0 amide bonds. The van der Waals surface area contributed by atoms with E-state index in [1.165, 1.54) is 23.2 Å². The minimum atomic E-state index is 1.10. The fourth-order valence-electron chi connectivity index (χ4n) is 1.73. The minimum Gasteiger partial charge on any atom is -0.261 e. The van der Waals surface area contributed by atoms with Crippen molar-refractivity contribution < 1.29 is 0 Å². The first-order chi connectivity index (χ1) is 5.92. The molecule has 0 saturated heterocycles. The molecule has 1 aromatic rings. The lowest BCUT2D eigenvalue weighted by atomic mass is 9.98. The maximum absolute atomic E-state index is 4.38. The molecule has 0 fully saturated rings. The predicted octanol–water partition coefficient (Wildman–Crippen LogP) is 2.90. The lowest BCUT2D eigenvalue weighted by Crippen LogP contribution is -1.98. The van der Waals surface area contributed by atoms with Crippen LogP contribution in [0.5, 0.6) is 0 Å². The Balaban J connectivity index is 2.53. The molecule has 1 heteroatoms. The van der Waals surface area contributed by atoms with E-state index in [9.17, 15) is 0 Å². The Morgan fingerprint density at radius 1 is 1.42 bits per heavy atom. The molecule has 1 heterocycles. The fraction of sp³-hybridized carbons (Fsp3) is 0.364. The van der Waals surface area contributed by atoms with Crippen molar-refractivity contribution in [1.82, 2.24) is 0 Å². The molecule has 12 heavy (non-hydrogen) atoms.